The minimum atomic E-state index is -0.190. The lowest BCUT2D eigenvalue weighted by Crippen LogP contribution is -2.52. The van der Waals surface area contributed by atoms with E-state index in [0.29, 0.717) is 0 Å². The number of ether oxygens (including phenoxy) is 1. The molecular weight excluding hydrogens is 308 g/mol. The van der Waals surface area contributed by atoms with Gasteiger partial charge in [0.2, 0.25) is 0 Å². The van der Waals surface area contributed by atoms with E-state index in [9.17, 15) is 0 Å². The van der Waals surface area contributed by atoms with Gasteiger partial charge in [-0.05, 0) is 42.1 Å². The minimum Gasteiger partial charge on any atom is -0.374 e. The minimum absolute atomic E-state index is 0.0893. The SMILES string of the molecule is CCc1nn(C)c(CC(NN)C2(C)CCCO2)c1Br. The largest absolute Gasteiger partial charge is 0.374 e. The van der Waals surface area contributed by atoms with E-state index in [1.807, 2.05) is 11.7 Å². The number of hydrogen-bond acceptors (Lipinski definition) is 4. The summed E-state index contributed by atoms with van der Waals surface area (Å²) in [4.78, 5) is 0. The Kier molecular flexibility index (Phi) is 4.66. The number of nitrogens with two attached hydrogens (primary N) is 1. The molecule has 1 aliphatic heterocycles. The number of halogens is 1. The lowest BCUT2D eigenvalue weighted by molar-refractivity contribution is -0.0119. The second-order valence-electron chi connectivity index (χ2n) is 5.37. The van der Waals surface area contributed by atoms with Crippen molar-refractivity contribution in [3.63, 3.8) is 0 Å². The van der Waals surface area contributed by atoms with Gasteiger partial charge < -0.3 is 4.74 Å². The Morgan fingerprint density at radius 2 is 2.37 bits per heavy atom. The van der Waals surface area contributed by atoms with E-state index in [-0.39, 0.29) is 11.6 Å². The smallest absolute Gasteiger partial charge is 0.0824 e. The lowest BCUT2D eigenvalue weighted by Gasteiger charge is -2.32. The van der Waals surface area contributed by atoms with E-state index < -0.39 is 0 Å². The van der Waals surface area contributed by atoms with Crippen LogP contribution >= 0.6 is 15.9 Å². The molecule has 5 nitrogen and oxygen atoms in total. The van der Waals surface area contributed by atoms with Crippen molar-refractivity contribution in [1.29, 1.82) is 0 Å². The molecule has 0 bridgehead atoms. The fraction of sp³-hybridized carbons (Fsp3) is 0.769. The molecule has 1 aromatic heterocycles. The maximum absolute atomic E-state index is 5.89. The van der Waals surface area contributed by atoms with Gasteiger partial charge in [-0.1, -0.05) is 6.92 Å². The lowest BCUT2D eigenvalue weighted by atomic mass is 9.90. The van der Waals surface area contributed by atoms with Crippen LogP contribution in [-0.2, 0) is 24.6 Å². The van der Waals surface area contributed by atoms with Crippen LogP contribution in [0.1, 0.15) is 38.1 Å². The maximum atomic E-state index is 5.89. The van der Waals surface area contributed by atoms with Crippen LogP contribution in [0.3, 0.4) is 0 Å². The summed E-state index contributed by atoms with van der Waals surface area (Å²) in [5.74, 6) is 5.75. The van der Waals surface area contributed by atoms with Crippen molar-refractivity contribution in [2.45, 2.75) is 51.2 Å². The Bertz CT molecular complexity index is 440. The maximum Gasteiger partial charge on any atom is 0.0824 e. The van der Waals surface area contributed by atoms with Crippen molar-refractivity contribution in [3.05, 3.63) is 15.9 Å². The molecule has 0 spiro atoms. The molecule has 3 N–H and O–H groups in total. The Labute approximate surface area is 123 Å². The first kappa shape index (κ1) is 15.0. The van der Waals surface area contributed by atoms with Gasteiger partial charge in [0.05, 0.1) is 27.5 Å². The molecule has 0 aromatic carbocycles. The van der Waals surface area contributed by atoms with E-state index in [2.05, 4.69) is 40.3 Å². The van der Waals surface area contributed by atoms with Gasteiger partial charge in [-0.25, -0.2) is 0 Å². The molecule has 6 heteroatoms. The number of rotatable bonds is 5. The van der Waals surface area contributed by atoms with Crippen molar-refractivity contribution in [1.82, 2.24) is 15.2 Å². The number of nitrogens with one attached hydrogen (secondary N) is 1. The second-order valence-corrected chi connectivity index (χ2v) is 6.17. The van der Waals surface area contributed by atoms with Crippen LogP contribution in [0.2, 0.25) is 0 Å². The van der Waals surface area contributed by atoms with E-state index >= 15 is 0 Å². The number of hydrogen-bond donors (Lipinski definition) is 2. The second kappa shape index (κ2) is 5.91. The number of aryl methyl sites for hydroxylation is 2. The third kappa shape index (κ3) is 2.86. The zero-order valence-electron chi connectivity index (χ0n) is 11.9. The molecule has 2 unspecified atom stereocenters. The van der Waals surface area contributed by atoms with Crippen LogP contribution in [0.4, 0.5) is 0 Å². The third-order valence-electron chi connectivity index (χ3n) is 4.09. The molecule has 0 radical (unpaired) electrons. The Morgan fingerprint density at radius 3 is 2.84 bits per heavy atom. The standard InChI is InChI=1S/C13H23BrN4O/c1-4-9-12(14)10(18(3)17-9)8-11(16-15)13(2)6-5-7-19-13/h11,16H,4-8,15H2,1-3H3. The van der Waals surface area contributed by atoms with Crippen molar-refractivity contribution in [3.8, 4) is 0 Å². The predicted octanol–water partition coefficient (Wildman–Crippen LogP) is 1.69. The van der Waals surface area contributed by atoms with E-state index in [0.717, 1.165) is 48.2 Å². The van der Waals surface area contributed by atoms with E-state index in [4.69, 9.17) is 10.6 Å². The van der Waals surface area contributed by atoms with Crippen molar-refractivity contribution in [2.24, 2.45) is 12.9 Å². The van der Waals surface area contributed by atoms with E-state index in [1.54, 1.807) is 0 Å². The summed E-state index contributed by atoms with van der Waals surface area (Å²) in [5, 5.41) is 4.53. The molecule has 2 heterocycles. The highest BCUT2D eigenvalue weighted by molar-refractivity contribution is 9.10. The summed E-state index contributed by atoms with van der Waals surface area (Å²) in [6.07, 6.45) is 3.86. The van der Waals surface area contributed by atoms with Crippen LogP contribution in [0.25, 0.3) is 0 Å². The average molecular weight is 331 g/mol. The van der Waals surface area contributed by atoms with Crippen molar-refractivity contribution in [2.75, 3.05) is 6.61 Å². The average Bonchev–Trinajstić information content (AvgIpc) is 2.93. The Morgan fingerprint density at radius 1 is 1.63 bits per heavy atom. The molecule has 19 heavy (non-hydrogen) atoms. The van der Waals surface area contributed by atoms with Gasteiger partial charge in [0, 0.05) is 20.1 Å². The van der Waals surface area contributed by atoms with Gasteiger partial charge in [0.25, 0.3) is 0 Å². The molecule has 1 saturated heterocycles. The Hall–Kier alpha value is -0.430. The summed E-state index contributed by atoms with van der Waals surface area (Å²) in [5.41, 5.74) is 4.99. The van der Waals surface area contributed by atoms with Gasteiger partial charge in [0.15, 0.2) is 0 Å². The molecule has 0 saturated carbocycles. The highest BCUT2D eigenvalue weighted by Gasteiger charge is 2.38. The van der Waals surface area contributed by atoms with Crippen LogP contribution in [0.5, 0.6) is 0 Å². The number of aromatic nitrogens is 2. The van der Waals surface area contributed by atoms with Gasteiger partial charge in [-0.15, -0.1) is 0 Å². The molecule has 0 amide bonds. The molecule has 0 aliphatic carbocycles. The monoisotopic (exact) mass is 330 g/mol. The number of nitrogens with zero attached hydrogens (tertiary/aromatic N) is 2. The van der Waals surface area contributed by atoms with Gasteiger partial charge in [-0.2, -0.15) is 5.10 Å². The fourth-order valence-corrected chi connectivity index (χ4v) is 3.54. The topological polar surface area (TPSA) is 65.1 Å². The summed E-state index contributed by atoms with van der Waals surface area (Å²) in [7, 11) is 1.98. The zero-order valence-corrected chi connectivity index (χ0v) is 13.5. The highest BCUT2D eigenvalue weighted by Crippen LogP contribution is 2.32. The first-order valence-electron chi connectivity index (χ1n) is 6.82. The third-order valence-corrected chi connectivity index (χ3v) is 5.00. The van der Waals surface area contributed by atoms with E-state index in [1.165, 1.54) is 0 Å². The molecule has 1 fully saturated rings. The van der Waals surface area contributed by atoms with Crippen LogP contribution in [-0.4, -0.2) is 28.0 Å². The summed E-state index contributed by atoms with van der Waals surface area (Å²) >= 11 is 3.65. The molecule has 108 valence electrons. The number of hydrazine groups is 1. The molecule has 1 aromatic rings. The predicted molar refractivity (Wildman–Crippen MR) is 78.7 cm³/mol. The summed E-state index contributed by atoms with van der Waals surface area (Å²) in [6, 6.07) is 0.0893. The van der Waals surface area contributed by atoms with Crippen LogP contribution in [0.15, 0.2) is 4.47 Å². The van der Waals surface area contributed by atoms with Gasteiger partial charge in [-0.3, -0.25) is 16.0 Å². The summed E-state index contributed by atoms with van der Waals surface area (Å²) in [6.45, 7) is 5.06. The fourth-order valence-electron chi connectivity index (χ4n) is 2.76. The molecule has 2 rings (SSSR count). The molecule has 2 atom stereocenters. The van der Waals surface area contributed by atoms with Crippen molar-refractivity contribution < 1.29 is 4.74 Å². The first-order valence-corrected chi connectivity index (χ1v) is 7.61. The first-order chi connectivity index (χ1) is 9.01. The normalized spacial score (nSPS) is 24.9. The van der Waals surface area contributed by atoms with Gasteiger partial charge in [0.1, 0.15) is 0 Å². The Balaban J connectivity index is 2.21. The van der Waals surface area contributed by atoms with Crippen LogP contribution < -0.4 is 11.3 Å². The molecule has 1 aliphatic rings. The highest BCUT2D eigenvalue weighted by atomic mass is 79.9. The van der Waals surface area contributed by atoms with Crippen LogP contribution in [0, 0.1) is 0 Å². The zero-order chi connectivity index (χ0) is 14.0. The molecular formula is C13H23BrN4O. The van der Waals surface area contributed by atoms with Gasteiger partial charge >= 0.3 is 0 Å². The summed E-state index contributed by atoms with van der Waals surface area (Å²) < 4.78 is 8.92. The quantitative estimate of drug-likeness (QED) is 0.637. The van der Waals surface area contributed by atoms with Crippen molar-refractivity contribution >= 4 is 15.9 Å².